The normalized spacial score (nSPS) is 12.6. The van der Waals surface area contributed by atoms with Crippen LogP contribution >= 0.6 is 15.9 Å². The molecule has 0 aliphatic rings. The Morgan fingerprint density at radius 3 is 3.00 bits per heavy atom. The van der Waals surface area contributed by atoms with Crippen molar-refractivity contribution in [2.75, 3.05) is 5.32 Å². The summed E-state index contributed by atoms with van der Waals surface area (Å²) in [7, 11) is 0. The lowest BCUT2D eigenvalue weighted by molar-refractivity contribution is 0.684. The standard InChI is InChI=1S/C13H16BrN3/c1-3-5-9(2)16-13-15-8-10-6-4-7-11(14)12(10)17-13/h4,6-9H,3,5H2,1-2H3,(H,15,16,17). The van der Waals surface area contributed by atoms with Crippen LogP contribution in [0.25, 0.3) is 10.9 Å². The summed E-state index contributed by atoms with van der Waals surface area (Å²) in [4.78, 5) is 8.86. The molecule has 1 aromatic carbocycles. The molecule has 1 atom stereocenters. The monoisotopic (exact) mass is 293 g/mol. The van der Waals surface area contributed by atoms with Crippen LogP contribution in [-0.2, 0) is 0 Å². The van der Waals surface area contributed by atoms with E-state index in [4.69, 9.17) is 0 Å². The van der Waals surface area contributed by atoms with Crippen LogP contribution in [0.2, 0.25) is 0 Å². The van der Waals surface area contributed by atoms with E-state index in [1.165, 1.54) is 0 Å². The van der Waals surface area contributed by atoms with Crippen molar-refractivity contribution >= 4 is 32.8 Å². The van der Waals surface area contributed by atoms with Gasteiger partial charge in [-0.1, -0.05) is 25.5 Å². The zero-order chi connectivity index (χ0) is 12.3. The summed E-state index contributed by atoms with van der Waals surface area (Å²) >= 11 is 3.51. The number of anilines is 1. The highest BCUT2D eigenvalue weighted by Gasteiger charge is 2.05. The average Bonchev–Trinajstić information content (AvgIpc) is 2.30. The van der Waals surface area contributed by atoms with Crippen molar-refractivity contribution in [3.05, 3.63) is 28.9 Å². The minimum absolute atomic E-state index is 0.403. The van der Waals surface area contributed by atoms with Gasteiger partial charge in [0.25, 0.3) is 0 Å². The molecule has 0 aliphatic heterocycles. The molecule has 0 saturated carbocycles. The largest absolute Gasteiger partial charge is 0.352 e. The number of nitrogens with one attached hydrogen (secondary N) is 1. The Morgan fingerprint density at radius 2 is 2.24 bits per heavy atom. The van der Waals surface area contributed by atoms with E-state index in [-0.39, 0.29) is 0 Å². The van der Waals surface area contributed by atoms with Gasteiger partial charge in [0.2, 0.25) is 5.95 Å². The molecule has 3 nitrogen and oxygen atoms in total. The minimum atomic E-state index is 0.403. The van der Waals surface area contributed by atoms with Crippen LogP contribution in [0.5, 0.6) is 0 Å². The van der Waals surface area contributed by atoms with Crippen molar-refractivity contribution in [2.24, 2.45) is 0 Å². The molecule has 1 N–H and O–H groups in total. The van der Waals surface area contributed by atoms with Crippen LogP contribution < -0.4 is 5.32 Å². The molecule has 0 fully saturated rings. The van der Waals surface area contributed by atoms with E-state index in [0.717, 1.165) is 28.2 Å². The van der Waals surface area contributed by atoms with Gasteiger partial charge in [-0.3, -0.25) is 0 Å². The first-order valence-corrected chi connectivity index (χ1v) is 6.68. The summed E-state index contributed by atoms with van der Waals surface area (Å²) in [6, 6.07) is 6.40. The summed E-state index contributed by atoms with van der Waals surface area (Å²) in [5.74, 6) is 0.699. The van der Waals surface area contributed by atoms with Gasteiger partial charge in [-0.15, -0.1) is 0 Å². The van der Waals surface area contributed by atoms with Crippen molar-refractivity contribution in [2.45, 2.75) is 32.7 Å². The molecule has 4 heteroatoms. The molecule has 0 aliphatic carbocycles. The molecule has 17 heavy (non-hydrogen) atoms. The second-order valence-corrected chi connectivity index (χ2v) is 5.06. The fraction of sp³-hybridized carbons (Fsp3) is 0.385. The summed E-state index contributed by atoms with van der Waals surface area (Å²) in [6.45, 7) is 4.33. The zero-order valence-electron chi connectivity index (χ0n) is 10.1. The minimum Gasteiger partial charge on any atom is -0.352 e. The highest BCUT2D eigenvalue weighted by atomic mass is 79.9. The topological polar surface area (TPSA) is 37.8 Å². The Labute approximate surface area is 110 Å². The number of hydrogen-bond donors (Lipinski definition) is 1. The van der Waals surface area contributed by atoms with Crippen molar-refractivity contribution < 1.29 is 0 Å². The van der Waals surface area contributed by atoms with Crippen LogP contribution in [0.15, 0.2) is 28.9 Å². The van der Waals surface area contributed by atoms with Gasteiger partial charge < -0.3 is 5.32 Å². The van der Waals surface area contributed by atoms with Crippen LogP contribution in [0.1, 0.15) is 26.7 Å². The van der Waals surface area contributed by atoms with E-state index in [2.05, 4.69) is 45.1 Å². The molecule has 0 spiro atoms. The number of nitrogens with zero attached hydrogens (tertiary/aromatic N) is 2. The van der Waals surface area contributed by atoms with Crippen LogP contribution in [-0.4, -0.2) is 16.0 Å². The van der Waals surface area contributed by atoms with Crippen molar-refractivity contribution in [1.82, 2.24) is 9.97 Å². The fourth-order valence-corrected chi connectivity index (χ4v) is 2.28. The number of benzene rings is 1. The molecule has 1 heterocycles. The molecular weight excluding hydrogens is 278 g/mol. The molecule has 1 aromatic heterocycles. The first-order valence-electron chi connectivity index (χ1n) is 5.88. The summed E-state index contributed by atoms with van der Waals surface area (Å²) in [5, 5.41) is 4.37. The highest BCUT2D eigenvalue weighted by molar-refractivity contribution is 9.10. The average molecular weight is 294 g/mol. The molecule has 2 rings (SSSR count). The van der Waals surface area contributed by atoms with Gasteiger partial charge >= 0.3 is 0 Å². The number of aromatic nitrogens is 2. The molecule has 1 unspecified atom stereocenters. The number of para-hydroxylation sites is 1. The first-order chi connectivity index (χ1) is 8.20. The molecule has 0 saturated heterocycles. The fourth-order valence-electron chi connectivity index (χ4n) is 1.81. The third-order valence-electron chi connectivity index (χ3n) is 2.66. The molecule has 0 bridgehead atoms. The Morgan fingerprint density at radius 1 is 1.41 bits per heavy atom. The van der Waals surface area contributed by atoms with Gasteiger partial charge in [0.05, 0.1) is 5.52 Å². The van der Waals surface area contributed by atoms with Gasteiger partial charge in [-0.2, -0.15) is 0 Å². The highest BCUT2D eigenvalue weighted by Crippen LogP contribution is 2.22. The van der Waals surface area contributed by atoms with E-state index >= 15 is 0 Å². The summed E-state index contributed by atoms with van der Waals surface area (Å²) in [5.41, 5.74) is 0.952. The van der Waals surface area contributed by atoms with E-state index in [0.29, 0.717) is 12.0 Å². The lowest BCUT2D eigenvalue weighted by Gasteiger charge is -2.12. The molecular formula is C13H16BrN3. The lowest BCUT2D eigenvalue weighted by Crippen LogP contribution is -2.16. The van der Waals surface area contributed by atoms with Gasteiger partial charge in [0.15, 0.2) is 0 Å². The van der Waals surface area contributed by atoms with Gasteiger partial charge in [-0.05, 0) is 35.3 Å². The van der Waals surface area contributed by atoms with Crippen LogP contribution in [0, 0.1) is 0 Å². The molecule has 2 aromatic rings. The van der Waals surface area contributed by atoms with E-state index < -0.39 is 0 Å². The van der Waals surface area contributed by atoms with Gasteiger partial charge in [0.1, 0.15) is 0 Å². The smallest absolute Gasteiger partial charge is 0.223 e. The Hall–Kier alpha value is -1.16. The zero-order valence-corrected chi connectivity index (χ0v) is 11.7. The van der Waals surface area contributed by atoms with E-state index in [9.17, 15) is 0 Å². The van der Waals surface area contributed by atoms with Gasteiger partial charge in [-0.25, -0.2) is 9.97 Å². The predicted octanol–water partition coefficient (Wildman–Crippen LogP) is 3.99. The summed E-state index contributed by atoms with van der Waals surface area (Å²) < 4.78 is 1.00. The molecule has 0 amide bonds. The number of fused-ring (bicyclic) bond motifs is 1. The maximum absolute atomic E-state index is 4.53. The van der Waals surface area contributed by atoms with Crippen molar-refractivity contribution in [3.63, 3.8) is 0 Å². The maximum Gasteiger partial charge on any atom is 0.223 e. The van der Waals surface area contributed by atoms with Crippen LogP contribution in [0.4, 0.5) is 5.95 Å². The Balaban J connectivity index is 2.28. The first kappa shape index (κ1) is 12.3. The predicted molar refractivity (Wildman–Crippen MR) is 75.2 cm³/mol. The molecule has 90 valence electrons. The van der Waals surface area contributed by atoms with Crippen molar-refractivity contribution in [1.29, 1.82) is 0 Å². The Bertz CT molecular complexity index is 513. The van der Waals surface area contributed by atoms with E-state index in [1.807, 2.05) is 24.4 Å². The number of rotatable bonds is 4. The number of halogens is 1. The summed E-state index contributed by atoms with van der Waals surface area (Å²) in [6.07, 6.45) is 4.14. The second-order valence-electron chi connectivity index (χ2n) is 4.21. The third kappa shape index (κ3) is 2.94. The second kappa shape index (κ2) is 5.45. The maximum atomic E-state index is 4.53. The third-order valence-corrected chi connectivity index (χ3v) is 3.30. The van der Waals surface area contributed by atoms with Crippen LogP contribution in [0.3, 0.4) is 0 Å². The quantitative estimate of drug-likeness (QED) is 0.926. The van der Waals surface area contributed by atoms with E-state index in [1.54, 1.807) is 0 Å². The number of hydrogen-bond acceptors (Lipinski definition) is 3. The lowest BCUT2D eigenvalue weighted by atomic mass is 10.2. The SMILES string of the molecule is CCCC(C)Nc1ncc2cccc(Br)c2n1. The van der Waals surface area contributed by atoms with Crippen molar-refractivity contribution in [3.8, 4) is 0 Å². The van der Waals surface area contributed by atoms with Gasteiger partial charge in [0, 0.05) is 22.1 Å². The Kier molecular flexibility index (Phi) is 3.94. The molecule has 0 radical (unpaired) electrons.